The Bertz CT molecular complexity index is 444. The summed E-state index contributed by atoms with van der Waals surface area (Å²) in [4.78, 5) is 6.07. The van der Waals surface area contributed by atoms with Gasteiger partial charge in [-0.25, -0.2) is 0 Å². The van der Waals surface area contributed by atoms with E-state index in [0.717, 1.165) is 20.0 Å². The van der Waals surface area contributed by atoms with E-state index >= 15 is 0 Å². The Morgan fingerprint density at radius 1 is 1.00 bits per heavy atom. The summed E-state index contributed by atoms with van der Waals surface area (Å²) in [7, 11) is 0. The lowest BCUT2D eigenvalue weighted by atomic mass is 10.3. The average molecular weight is 308 g/mol. The average Bonchev–Trinajstić information content (AvgIpc) is 2.30. The van der Waals surface area contributed by atoms with Crippen molar-refractivity contribution in [2.45, 2.75) is 0 Å². The van der Waals surface area contributed by atoms with Gasteiger partial charge in [0.15, 0.2) is 4.77 Å². The van der Waals surface area contributed by atoms with Gasteiger partial charge in [0.05, 0.1) is 11.0 Å². The highest BCUT2D eigenvalue weighted by molar-refractivity contribution is 9.13. The van der Waals surface area contributed by atoms with E-state index in [2.05, 4.69) is 41.8 Å². The van der Waals surface area contributed by atoms with Crippen molar-refractivity contribution in [2.75, 3.05) is 0 Å². The molecule has 0 fully saturated rings. The van der Waals surface area contributed by atoms with Gasteiger partial charge in [-0.2, -0.15) is 0 Å². The Morgan fingerprint density at radius 2 is 1.42 bits per heavy atom. The first-order valence-electron chi connectivity index (χ1n) is 3.24. The maximum absolute atomic E-state index is 4.96. The van der Waals surface area contributed by atoms with Crippen molar-refractivity contribution in [1.29, 1.82) is 0 Å². The fourth-order valence-corrected chi connectivity index (χ4v) is 1.94. The third-order valence-electron chi connectivity index (χ3n) is 1.56. The summed E-state index contributed by atoms with van der Waals surface area (Å²) in [6.07, 6.45) is 0. The van der Waals surface area contributed by atoms with Crippen LogP contribution in [0.2, 0.25) is 0 Å². The number of aromatic amines is 2. The maximum atomic E-state index is 4.96. The van der Waals surface area contributed by atoms with Gasteiger partial charge in [-0.05, 0) is 56.2 Å². The summed E-state index contributed by atoms with van der Waals surface area (Å²) in [5, 5.41) is 0. The Labute approximate surface area is 90.6 Å². The van der Waals surface area contributed by atoms with Crippen molar-refractivity contribution in [3.8, 4) is 0 Å². The molecule has 2 N–H and O–H groups in total. The normalized spacial score (nSPS) is 10.8. The molecule has 0 bridgehead atoms. The number of fused-ring (bicyclic) bond motifs is 1. The lowest BCUT2D eigenvalue weighted by molar-refractivity contribution is 1.30. The van der Waals surface area contributed by atoms with Crippen LogP contribution in [0.3, 0.4) is 0 Å². The van der Waals surface area contributed by atoms with E-state index in [1.165, 1.54) is 0 Å². The van der Waals surface area contributed by atoms with Crippen molar-refractivity contribution in [3.05, 3.63) is 25.8 Å². The molecule has 2 nitrogen and oxygen atoms in total. The summed E-state index contributed by atoms with van der Waals surface area (Å²) in [6, 6.07) is 3.96. The zero-order valence-electron chi connectivity index (χ0n) is 5.82. The second kappa shape index (κ2) is 2.97. The predicted octanol–water partition coefficient (Wildman–Crippen LogP) is 3.75. The summed E-state index contributed by atoms with van der Waals surface area (Å²) >= 11 is 11.8. The second-order valence-corrected chi connectivity index (χ2v) is 4.51. The van der Waals surface area contributed by atoms with Gasteiger partial charge in [-0.15, -0.1) is 0 Å². The van der Waals surface area contributed by atoms with Gasteiger partial charge in [0.1, 0.15) is 0 Å². The van der Waals surface area contributed by atoms with Crippen LogP contribution in [0.5, 0.6) is 0 Å². The Kier molecular flexibility index (Phi) is 2.10. The zero-order valence-corrected chi connectivity index (χ0v) is 9.81. The van der Waals surface area contributed by atoms with E-state index < -0.39 is 0 Å². The zero-order chi connectivity index (χ0) is 8.72. The summed E-state index contributed by atoms with van der Waals surface area (Å²) < 4.78 is 2.68. The molecule has 2 aromatic rings. The minimum atomic E-state index is 0.648. The molecule has 0 aliphatic rings. The number of nitrogens with one attached hydrogen (secondary N) is 2. The van der Waals surface area contributed by atoms with Crippen molar-refractivity contribution in [3.63, 3.8) is 0 Å². The van der Waals surface area contributed by atoms with Crippen LogP contribution in [-0.2, 0) is 0 Å². The van der Waals surface area contributed by atoms with E-state index in [9.17, 15) is 0 Å². The van der Waals surface area contributed by atoms with Crippen LogP contribution in [0.1, 0.15) is 0 Å². The van der Waals surface area contributed by atoms with Crippen molar-refractivity contribution in [1.82, 2.24) is 9.97 Å². The first-order valence-corrected chi connectivity index (χ1v) is 5.23. The van der Waals surface area contributed by atoms with Crippen LogP contribution >= 0.6 is 44.1 Å². The fraction of sp³-hybridized carbons (Fsp3) is 0. The number of rotatable bonds is 0. The minimum Gasteiger partial charge on any atom is -0.331 e. The SMILES string of the molecule is S=c1[nH]c2cc(Br)c(Br)cc2[nH]1. The number of benzene rings is 1. The van der Waals surface area contributed by atoms with Gasteiger partial charge in [0.2, 0.25) is 0 Å². The van der Waals surface area contributed by atoms with E-state index in [-0.39, 0.29) is 0 Å². The highest BCUT2D eigenvalue weighted by Gasteiger charge is 2.00. The minimum absolute atomic E-state index is 0.648. The molecule has 0 amide bonds. The number of halogens is 2. The number of imidazole rings is 1. The van der Waals surface area contributed by atoms with Crippen LogP contribution in [0.25, 0.3) is 11.0 Å². The Morgan fingerprint density at radius 3 is 1.83 bits per heavy atom. The lowest BCUT2D eigenvalue weighted by Gasteiger charge is -1.94. The summed E-state index contributed by atoms with van der Waals surface area (Å²) in [6.45, 7) is 0. The van der Waals surface area contributed by atoms with E-state index in [1.54, 1.807) is 0 Å². The van der Waals surface area contributed by atoms with Crippen molar-refractivity contribution < 1.29 is 0 Å². The Balaban J connectivity index is 2.92. The largest absolute Gasteiger partial charge is 0.331 e. The van der Waals surface area contributed by atoms with Gasteiger partial charge < -0.3 is 9.97 Å². The van der Waals surface area contributed by atoms with E-state index in [4.69, 9.17) is 12.2 Å². The highest BCUT2D eigenvalue weighted by atomic mass is 79.9. The molecule has 12 heavy (non-hydrogen) atoms. The maximum Gasteiger partial charge on any atom is 0.175 e. The molecule has 1 heterocycles. The topological polar surface area (TPSA) is 31.6 Å². The van der Waals surface area contributed by atoms with Crippen LogP contribution in [-0.4, -0.2) is 9.97 Å². The molecule has 0 atom stereocenters. The van der Waals surface area contributed by atoms with Gasteiger partial charge in [-0.1, -0.05) is 0 Å². The van der Waals surface area contributed by atoms with Crippen LogP contribution in [0.4, 0.5) is 0 Å². The van der Waals surface area contributed by atoms with Gasteiger partial charge in [0.25, 0.3) is 0 Å². The molecule has 2 rings (SSSR count). The van der Waals surface area contributed by atoms with Gasteiger partial charge in [-0.3, -0.25) is 0 Å². The highest BCUT2D eigenvalue weighted by Crippen LogP contribution is 2.26. The van der Waals surface area contributed by atoms with E-state index in [1.807, 2.05) is 12.1 Å². The molecule has 1 aromatic heterocycles. The predicted molar refractivity (Wildman–Crippen MR) is 58.9 cm³/mol. The van der Waals surface area contributed by atoms with Crippen molar-refractivity contribution >= 4 is 55.1 Å². The molecule has 0 aliphatic heterocycles. The van der Waals surface area contributed by atoms with Gasteiger partial charge in [0, 0.05) is 8.95 Å². The molecule has 0 saturated heterocycles. The quantitative estimate of drug-likeness (QED) is 0.714. The molecule has 0 unspecified atom stereocenters. The first-order chi connectivity index (χ1) is 5.66. The number of hydrogen-bond acceptors (Lipinski definition) is 1. The number of hydrogen-bond donors (Lipinski definition) is 2. The number of H-pyrrole nitrogens is 2. The molecular formula is C7H4Br2N2S. The molecule has 62 valence electrons. The lowest BCUT2D eigenvalue weighted by Crippen LogP contribution is -1.71. The molecule has 0 radical (unpaired) electrons. The third kappa shape index (κ3) is 1.36. The molecule has 0 spiro atoms. The smallest absolute Gasteiger partial charge is 0.175 e. The monoisotopic (exact) mass is 306 g/mol. The van der Waals surface area contributed by atoms with Crippen LogP contribution in [0, 0.1) is 4.77 Å². The van der Waals surface area contributed by atoms with Crippen LogP contribution in [0.15, 0.2) is 21.1 Å². The molecule has 0 aliphatic carbocycles. The fourth-order valence-electron chi connectivity index (χ4n) is 1.03. The molecule has 1 aromatic carbocycles. The molecule has 0 saturated carbocycles. The first kappa shape index (κ1) is 8.47. The van der Waals surface area contributed by atoms with Crippen molar-refractivity contribution in [2.24, 2.45) is 0 Å². The second-order valence-electron chi connectivity index (χ2n) is 2.39. The molecular weight excluding hydrogens is 304 g/mol. The standard InChI is InChI=1S/C7H4Br2N2S/c8-3-1-5-6(2-4(3)9)11-7(12)10-5/h1-2H,(H2,10,11,12). The van der Waals surface area contributed by atoms with Gasteiger partial charge >= 0.3 is 0 Å². The van der Waals surface area contributed by atoms with Crippen LogP contribution < -0.4 is 0 Å². The Hall–Kier alpha value is -0.130. The summed E-state index contributed by atoms with van der Waals surface area (Å²) in [5.41, 5.74) is 2.02. The third-order valence-corrected chi connectivity index (χ3v) is 3.61. The summed E-state index contributed by atoms with van der Waals surface area (Å²) in [5.74, 6) is 0. The number of aromatic nitrogens is 2. The molecule has 5 heteroatoms. The van der Waals surface area contributed by atoms with E-state index in [0.29, 0.717) is 4.77 Å².